The van der Waals surface area contributed by atoms with Crippen molar-refractivity contribution in [3.63, 3.8) is 0 Å². The second kappa shape index (κ2) is 8.52. The number of nitrogens with zero attached hydrogens (tertiary/aromatic N) is 2. The van der Waals surface area contributed by atoms with Gasteiger partial charge in [-0.25, -0.2) is 4.98 Å². The number of ether oxygens (including phenoxy) is 1. The lowest BCUT2D eigenvalue weighted by Crippen LogP contribution is -2.45. The monoisotopic (exact) mass is 383 g/mol. The van der Waals surface area contributed by atoms with Crippen LogP contribution in [-0.2, 0) is 21.4 Å². The lowest BCUT2D eigenvalue weighted by atomic mass is 9.65. The molecule has 3 aromatic carbocycles. The topological polar surface area (TPSA) is 67.9 Å². The van der Waals surface area contributed by atoms with Crippen molar-refractivity contribution in [1.29, 1.82) is 0 Å². The zero-order valence-electron chi connectivity index (χ0n) is 15.8. The fourth-order valence-electron chi connectivity index (χ4n) is 4.03. The molecule has 0 saturated carbocycles. The molecule has 0 radical (unpaired) electrons. The molecule has 0 spiro atoms. The minimum atomic E-state index is -0.731. The van der Waals surface area contributed by atoms with Gasteiger partial charge in [-0.05, 0) is 16.7 Å². The Morgan fingerprint density at radius 1 is 0.828 bits per heavy atom. The molecule has 4 rings (SSSR count). The summed E-state index contributed by atoms with van der Waals surface area (Å²) < 4.78 is 5.77. The van der Waals surface area contributed by atoms with Gasteiger partial charge in [-0.3, -0.25) is 9.89 Å². The van der Waals surface area contributed by atoms with Crippen molar-refractivity contribution >= 4 is 6.47 Å². The van der Waals surface area contributed by atoms with E-state index in [1.54, 1.807) is 0 Å². The van der Waals surface area contributed by atoms with Crippen LogP contribution in [0.15, 0.2) is 97.3 Å². The van der Waals surface area contributed by atoms with Gasteiger partial charge in [0.05, 0.1) is 5.41 Å². The molecule has 0 fully saturated rings. The van der Waals surface area contributed by atoms with Crippen molar-refractivity contribution in [1.82, 2.24) is 15.2 Å². The van der Waals surface area contributed by atoms with Crippen molar-refractivity contribution in [3.8, 4) is 0 Å². The van der Waals surface area contributed by atoms with E-state index in [1.165, 1.54) is 6.33 Å². The van der Waals surface area contributed by atoms with Gasteiger partial charge in [0.15, 0.2) is 5.82 Å². The van der Waals surface area contributed by atoms with E-state index in [0.717, 1.165) is 16.7 Å². The highest BCUT2D eigenvalue weighted by Gasteiger charge is 2.45. The molecule has 29 heavy (non-hydrogen) atoms. The maximum atomic E-state index is 11.6. The zero-order chi connectivity index (χ0) is 19.9. The third kappa shape index (κ3) is 3.55. The molecule has 0 aliphatic heterocycles. The molecular formula is C24H21N3O2. The summed E-state index contributed by atoms with van der Waals surface area (Å²) in [6, 6.07) is 30.4. The Labute approximate surface area is 169 Å². The number of aromatic amines is 1. The maximum Gasteiger partial charge on any atom is 0.293 e. The van der Waals surface area contributed by atoms with Crippen LogP contribution in [0.4, 0.5) is 0 Å². The SMILES string of the molecule is O=COC(Cc1nc[nH]n1)C(c1ccccc1)(c1ccccc1)c1ccccc1. The smallest absolute Gasteiger partial charge is 0.293 e. The lowest BCUT2D eigenvalue weighted by molar-refractivity contribution is -0.135. The number of nitrogens with one attached hydrogen (secondary N) is 1. The molecule has 1 heterocycles. The third-order valence-electron chi connectivity index (χ3n) is 5.22. The fourth-order valence-corrected chi connectivity index (χ4v) is 4.03. The molecule has 5 heteroatoms. The minimum Gasteiger partial charge on any atom is -0.462 e. The van der Waals surface area contributed by atoms with Gasteiger partial charge in [0.25, 0.3) is 6.47 Å². The molecule has 1 N–H and O–H groups in total. The molecule has 4 aromatic rings. The first-order valence-corrected chi connectivity index (χ1v) is 9.46. The quantitative estimate of drug-likeness (QED) is 0.370. The number of H-pyrrole nitrogens is 1. The van der Waals surface area contributed by atoms with E-state index in [-0.39, 0.29) is 0 Å². The lowest BCUT2D eigenvalue weighted by Gasteiger charge is -2.41. The summed E-state index contributed by atoms with van der Waals surface area (Å²) in [4.78, 5) is 15.9. The standard InChI is InChI=1S/C24H21N3O2/c28-18-29-22(16-23-25-17-26-27-23)24(19-10-4-1-5-11-19,20-12-6-2-7-13-20)21-14-8-3-9-15-21/h1-15,17-18,22H,16H2,(H,25,26,27). The molecule has 1 atom stereocenters. The van der Waals surface area contributed by atoms with E-state index in [9.17, 15) is 4.79 Å². The van der Waals surface area contributed by atoms with Crippen molar-refractivity contribution in [2.24, 2.45) is 0 Å². The summed E-state index contributed by atoms with van der Waals surface area (Å²) in [6.07, 6.45) is 1.34. The first kappa shape index (κ1) is 18.6. The normalized spacial score (nSPS) is 12.3. The van der Waals surface area contributed by atoms with Crippen molar-refractivity contribution < 1.29 is 9.53 Å². The van der Waals surface area contributed by atoms with Gasteiger partial charge in [-0.1, -0.05) is 91.0 Å². The molecule has 0 amide bonds. The Kier molecular flexibility index (Phi) is 5.47. The number of carbonyl (C=O) groups is 1. The van der Waals surface area contributed by atoms with Crippen molar-refractivity contribution in [2.45, 2.75) is 17.9 Å². The largest absolute Gasteiger partial charge is 0.462 e. The van der Waals surface area contributed by atoms with Crippen molar-refractivity contribution in [3.05, 3.63) is 120 Å². The highest BCUT2D eigenvalue weighted by atomic mass is 16.5. The highest BCUT2D eigenvalue weighted by Crippen LogP contribution is 2.44. The number of benzene rings is 3. The summed E-state index contributed by atoms with van der Waals surface area (Å²) in [5, 5.41) is 6.94. The molecule has 5 nitrogen and oxygen atoms in total. The average molecular weight is 383 g/mol. The Bertz CT molecular complexity index is 923. The molecule has 0 bridgehead atoms. The van der Waals surface area contributed by atoms with Gasteiger partial charge in [0, 0.05) is 6.42 Å². The highest BCUT2D eigenvalue weighted by molar-refractivity contribution is 5.53. The fraction of sp³-hybridized carbons (Fsp3) is 0.125. The average Bonchev–Trinajstić information content (AvgIpc) is 3.30. The van der Waals surface area contributed by atoms with E-state index in [2.05, 4.69) is 51.6 Å². The van der Waals surface area contributed by atoms with E-state index >= 15 is 0 Å². The maximum absolute atomic E-state index is 11.6. The predicted octanol–water partition coefficient (Wildman–Crippen LogP) is 3.92. The van der Waals surface area contributed by atoms with Crippen molar-refractivity contribution in [2.75, 3.05) is 0 Å². The molecule has 144 valence electrons. The number of hydrogen-bond donors (Lipinski definition) is 1. The Balaban J connectivity index is 2.02. The Morgan fingerprint density at radius 3 is 1.69 bits per heavy atom. The van der Waals surface area contributed by atoms with Crippen LogP contribution in [0.2, 0.25) is 0 Å². The number of rotatable bonds is 8. The van der Waals surface area contributed by atoms with Crippen LogP contribution in [-0.4, -0.2) is 27.8 Å². The second-order valence-electron chi connectivity index (χ2n) is 6.75. The molecule has 1 aromatic heterocycles. The Hall–Kier alpha value is -3.73. The third-order valence-corrected chi connectivity index (χ3v) is 5.22. The molecule has 0 saturated heterocycles. The van der Waals surface area contributed by atoms with Crippen LogP contribution < -0.4 is 0 Å². The zero-order valence-corrected chi connectivity index (χ0v) is 15.8. The van der Waals surface area contributed by atoms with Crippen LogP contribution in [0.5, 0.6) is 0 Å². The van der Waals surface area contributed by atoms with Gasteiger partial charge in [0.2, 0.25) is 0 Å². The van der Waals surface area contributed by atoms with Gasteiger partial charge in [-0.15, -0.1) is 0 Å². The molecule has 0 aliphatic rings. The summed E-state index contributed by atoms with van der Waals surface area (Å²) in [5.74, 6) is 0.587. The minimum absolute atomic E-state index is 0.362. The number of aromatic nitrogens is 3. The van der Waals surface area contributed by atoms with Crippen LogP contribution in [0.3, 0.4) is 0 Å². The van der Waals surface area contributed by atoms with E-state index < -0.39 is 11.5 Å². The summed E-state index contributed by atoms with van der Waals surface area (Å²) in [7, 11) is 0. The van der Waals surface area contributed by atoms with Gasteiger partial charge >= 0.3 is 0 Å². The summed E-state index contributed by atoms with van der Waals surface area (Å²) in [5.41, 5.74) is 2.35. The van der Waals surface area contributed by atoms with E-state index in [0.29, 0.717) is 18.7 Å². The van der Waals surface area contributed by atoms with Crippen LogP contribution >= 0.6 is 0 Å². The van der Waals surface area contributed by atoms with Gasteiger partial charge in [0.1, 0.15) is 12.4 Å². The van der Waals surface area contributed by atoms with Crippen LogP contribution in [0.1, 0.15) is 22.5 Å². The van der Waals surface area contributed by atoms with Crippen LogP contribution in [0.25, 0.3) is 0 Å². The number of hydrogen-bond acceptors (Lipinski definition) is 4. The summed E-state index contributed by atoms with van der Waals surface area (Å²) >= 11 is 0. The molecule has 1 unspecified atom stereocenters. The van der Waals surface area contributed by atoms with E-state index in [1.807, 2.05) is 54.6 Å². The first-order valence-electron chi connectivity index (χ1n) is 9.46. The second-order valence-corrected chi connectivity index (χ2v) is 6.75. The first-order chi connectivity index (χ1) is 14.4. The number of carbonyl (C=O) groups excluding carboxylic acids is 1. The van der Waals surface area contributed by atoms with Crippen LogP contribution in [0, 0.1) is 0 Å². The molecular weight excluding hydrogens is 362 g/mol. The van der Waals surface area contributed by atoms with E-state index in [4.69, 9.17) is 4.74 Å². The Morgan fingerprint density at radius 2 is 1.31 bits per heavy atom. The predicted molar refractivity (Wildman–Crippen MR) is 110 cm³/mol. The van der Waals surface area contributed by atoms with Gasteiger partial charge < -0.3 is 4.74 Å². The molecule has 0 aliphatic carbocycles. The summed E-state index contributed by atoms with van der Waals surface area (Å²) in [6.45, 7) is 0.515. The van der Waals surface area contributed by atoms with Gasteiger partial charge in [-0.2, -0.15) is 5.10 Å².